The molecule has 0 aromatic heterocycles. The summed E-state index contributed by atoms with van der Waals surface area (Å²) in [6, 6.07) is 15.1. The second kappa shape index (κ2) is 9.00. The maximum atomic E-state index is 13.8. The molecule has 5 heteroatoms. The fourth-order valence-electron chi connectivity index (χ4n) is 3.47. The molecule has 1 aliphatic heterocycles. The van der Waals surface area contributed by atoms with E-state index in [0.717, 1.165) is 42.7 Å². The van der Waals surface area contributed by atoms with Crippen LogP contribution in [0.2, 0.25) is 0 Å². The molecule has 3 rings (SSSR count). The lowest BCUT2D eigenvalue weighted by molar-refractivity contribution is -0.126. The van der Waals surface area contributed by atoms with Gasteiger partial charge in [0.05, 0.1) is 0 Å². The predicted octanol–water partition coefficient (Wildman–Crippen LogP) is 3.42. The minimum atomic E-state index is -0.155. The van der Waals surface area contributed by atoms with E-state index < -0.39 is 0 Å². The summed E-state index contributed by atoms with van der Waals surface area (Å²) in [5, 5.41) is 3.06. The molecular formula is C22H28FN3O. The first-order valence-corrected chi connectivity index (χ1v) is 9.52. The van der Waals surface area contributed by atoms with Gasteiger partial charge in [0, 0.05) is 44.4 Å². The van der Waals surface area contributed by atoms with Crippen molar-refractivity contribution in [3.8, 4) is 0 Å². The van der Waals surface area contributed by atoms with E-state index in [9.17, 15) is 9.18 Å². The number of halogens is 1. The molecule has 1 amide bonds. The summed E-state index contributed by atoms with van der Waals surface area (Å²) < 4.78 is 13.8. The Balaban J connectivity index is 1.43. The van der Waals surface area contributed by atoms with Crippen molar-refractivity contribution in [3.63, 3.8) is 0 Å². The zero-order chi connectivity index (χ0) is 19.2. The third-order valence-corrected chi connectivity index (χ3v) is 5.23. The summed E-state index contributed by atoms with van der Waals surface area (Å²) in [5.74, 6) is 0.0119. The van der Waals surface area contributed by atoms with Crippen LogP contribution in [0.25, 0.3) is 0 Å². The van der Waals surface area contributed by atoms with Gasteiger partial charge in [0.2, 0.25) is 5.91 Å². The number of piperidine rings is 1. The maximum Gasteiger partial charge on any atom is 0.223 e. The van der Waals surface area contributed by atoms with Crippen molar-refractivity contribution in [1.29, 1.82) is 0 Å². The first kappa shape index (κ1) is 19.4. The van der Waals surface area contributed by atoms with Gasteiger partial charge in [0.15, 0.2) is 0 Å². The number of hydrogen-bond acceptors (Lipinski definition) is 3. The van der Waals surface area contributed by atoms with Gasteiger partial charge in [-0.05, 0) is 49.7 Å². The van der Waals surface area contributed by atoms with E-state index >= 15 is 0 Å². The number of nitrogens with one attached hydrogen (secondary N) is 1. The van der Waals surface area contributed by atoms with Gasteiger partial charge in [-0.15, -0.1) is 0 Å². The Hall–Kier alpha value is -2.40. The molecular weight excluding hydrogens is 341 g/mol. The first-order chi connectivity index (χ1) is 13.0. The Bertz CT molecular complexity index is 752. The van der Waals surface area contributed by atoms with Gasteiger partial charge in [0.1, 0.15) is 5.82 Å². The van der Waals surface area contributed by atoms with E-state index in [2.05, 4.69) is 27.2 Å². The summed E-state index contributed by atoms with van der Waals surface area (Å²) in [5.41, 5.74) is 2.97. The fraction of sp³-hybridized carbons (Fsp3) is 0.409. The molecule has 0 unspecified atom stereocenters. The number of likely N-dealkylation sites (tertiary alicyclic amines) is 1. The molecule has 0 atom stereocenters. The van der Waals surface area contributed by atoms with Gasteiger partial charge in [0.25, 0.3) is 0 Å². The van der Waals surface area contributed by atoms with Crippen molar-refractivity contribution in [3.05, 3.63) is 65.5 Å². The summed E-state index contributed by atoms with van der Waals surface area (Å²) >= 11 is 0. The van der Waals surface area contributed by atoms with Gasteiger partial charge >= 0.3 is 0 Å². The smallest absolute Gasteiger partial charge is 0.223 e. The number of anilines is 1. The van der Waals surface area contributed by atoms with Crippen LogP contribution in [0.1, 0.15) is 24.0 Å². The van der Waals surface area contributed by atoms with Crippen molar-refractivity contribution in [1.82, 2.24) is 10.2 Å². The Labute approximate surface area is 161 Å². The molecule has 0 radical (unpaired) electrons. The number of benzene rings is 2. The van der Waals surface area contributed by atoms with E-state index in [4.69, 9.17) is 0 Å². The van der Waals surface area contributed by atoms with Crippen LogP contribution in [0.4, 0.5) is 10.1 Å². The Morgan fingerprint density at radius 1 is 1.11 bits per heavy atom. The van der Waals surface area contributed by atoms with Crippen molar-refractivity contribution < 1.29 is 9.18 Å². The van der Waals surface area contributed by atoms with Crippen LogP contribution in [-0.4, -0.2) is 38.0 Å². The third kappa shape index (κ3) is 5.30. The standard InChI is InChI=1S/C22H28FN3O/c1-25(2)20-9-7-17(8-10-20)15-24-22(27)18-11-13-26(14-12-18)16-19-5-3-4-6-21(19)23/h3-10,18H,11-16H2,1-2H3,(H,24,27). The molecule has 1 saturated heterocycles. The average molecular weight is 369 g/mol. The summed E-state index contributed by atoms with van der Waals surface area (Å²) in [4.78, 5) is 16.7. The van der Waals surface area contributed by atoms with Gasteiger partial charge in [-0.3, -0.25) is 9.69 Å². The number of carbonyl (C=O) groups is 1. The molecule has 1 aliphatic rings. The topological polar surface area (TPSA) is 35.6 Å². The molecule has 0 spiro atoms. The quantitative estimate of drug-likeness (QED) is 0.847. The maximum absolute atomic E-state index is 13.8. The van der Waals surface area contributed by atoms with Crippen molar-refractivity contribution >= 4 is 11.6 Å². The third-order valence-electron chi connectivity index (χ3n) is 5.23. The molecule has 0 saturated carbocycles. The summed E-state index contributed by atoms with van der Waals surface area (Å²) in [6.07, 6.45) is 1.64. The molecule has 144 valence electrons. The molecule has 1 N–H and O–H groups in total. The molecule has 4 nitrogen and oxygen atoms in total. The highest BCUT2D eigenvalue weighted by Crippen LogP contribution is 2.20. The summed E-state index contributed by atoms with van der Waals surface area (Å²) in [7, 11) is 4.02. The van der Waals surface area contributed by atoms with Gasteiger partial charge in [-0.2, -0.15) is 0 Å². The molecule has 1 fully saturated rings. The second-order valence-corrected chi connectivity index (χ2v) is 7.42. The normalized spacial score (nSPS) is 15.5. The molecule has 0 aliphatic carbocycles. The molecule has 0 bridgehead atoms. The zero-order valence-corrected chi connectivity index (χ0v) is 16.1. The van der Waals surface area contributed by atoms with Gasteiger partial charge in [-0.1, -0.05) is 30.3 Å². The Morgan fingerprint density at radius 2 is 1.78 bits per heavy atom. The second-order valence-electron chi connectivity index (χ2n) is 7.42. The molecule has 1 heterocycles. The Morgan fingerprint density at radius 3 is 2.41 bits per heavy atom. The largest absolute Gasteiger partial charge is 0.378 e. The summed E-state index contributed by atoms with van der Waals surface area (Å²) in [6.45, 7) is 2.81. The van der Waals surface area contributed by atoms with Crippen LogP contribution in [0.3, 0.4) is 0 Å². The fourth-order valence-corrected chi connectivity index (χ4v) is 3.47. The minimum Gasteiger partial charge on any atom is -0.378 e. The van der Waals surface area contributed by atoms with Crippen LogP contribution in [0, 0.1) is 11.7 Å². The highest BCUT2D eigenvalue weighted by molar-refractivity contribution is 5.78. The van der Waals surface area contributed by atoms with Crippen molar-refractivity contribution in [2.24, 2.45) is 5.92 Å². The van der Waals surface area contributed by atoms with Gasteiger partial charge < -0.3 is 10.2 Å². The van der Waals surface area contributed by atoms with E-state index in [-0.39, 0.29) is 17.6 Å². The van der Waals surface area contributed by atoms with E-state index in [1.807, 2.05) is 38.4 Å². The van der Waals surface area contributed by atoms with E-state index in [1.165, 1.54) is 6.07 Å². The van der Waals surface area contributed by atoms with Crippen LogP contribution >= 0.6 is 0 Å². The molecule has 2 aromatic carbocycles. The number of nitrogens with zero attached hydrogens (tertiary/aromatic N) is 2. The van der Waals surface area contributed by atoms with Crippen molar-refractivity contribution in [2.45, 2.75) is 25.9 Å². The highest BCUT2D eigenvalue weighted by Gasteiger charge is 2.25. The first-order valence-electron chi connectivity index (χ1n) is 9.52. The van der Waals surface area contributed by atoms with Crippen molar-refractivity contribution in [2.75, 3.05) is 32.1 Å². The van der Waals surface area contributed by atoms with Crippen LogP contribution in [0.5, 0.6) is 0 Å². The van der Waals surface area contributed by atoms with Crippen LogP contribution in [0.15, 0.2) is 48.5 Å². The molecule has 2 aromatic rings. The highest BCUT2D eigenvalue weighted by atomic mass is 19.1. The number of hydrogen-bond donors (Lipinski definition) is 1. The number of rotatable bonds is 6. The van der Waals surface area contributed by atoms with Crippen LogP contribution in [-0.2, 0) is 17.9 Å². The predicted molar refractivity (Wildman–Crippen MR) is 107 cm³/mol. The average Bonchev–Trinajstić information content (AvgIpc) is 2.69. The minimum absolute atomic E-state index is 0.0444. The SMILES string of the molecule is CN(C)c1ccc(CNC(=O)C2CCN(Cc3ccccc3F)CC2)cc1. The van der Waals surface area contributed by atoms with E-state index in [0.29, 0.717) is 13.1 Å². The monoisotopic (exact) mass is 369 g/mol. The lowest BCUT2D eigenvalue weighted by atomic mass is 9.95. The number of carbonyl (C=O) groups excluding carboxylic acids is 1. The van der Waals surface area contributed by atoms with E-state index in [1.54, 1.807) is 6.07 Å². The Kier molecular flexibility index (Phi) is 6.45. The lowest BCUT2D eigenvalue weighted by Gasteiger charge is -2.31. The zero-order valence-electron chi connectivity index (χ0n) is 16.1. The number of amides is 1. The van der Waals surface area contributed by atoms with Gasteiger partial charge in [-0.25, -0.2) is 4.39 Å². The van der Waals surface area contributed by atoms with Crippen LogP contribution < -0.4 is 10.2 Å². The lowest BCUT2D eigenvalue weighted by Crippen LogP contribution is -2.40. The molecule has 27 heavy (non-hydrogen) atoms.